The summed E-state index contributed by atoms with van der Waals surface area (Å²) in [7, 11) is 1.55. The summed E-state index contributed by atoms with van der Waals surface area (Å²) in [6.45, 7) is 0.647. The number of morpholine rings is 1. The lowest BCUT2D eigenvalue weighted by Gasteiger charge is -2.33. The molecule has 0 radical (unpaired) electrons. The van der Waals surface area contributed by atoms with Crippen molar-refractivity contribution >= 4 is 34.5 Å². The molecule has 1 amide bonds. The number of carbonyl (C=O) groups excluding carboxylic acids is 1. The number of nitrogens with zero attached hydrogens (tertiary/aromatic N) is 1. The number of amides is 1. The number of carbonyl (C=O) groups is 2. The van der Waals surface area contributed by atoms with Gasteiger partial charge in [0, 0.05) is 10.1 Å². The fraction of sp³-hybridized carbons (Fsp3) is 0.385. The molecule has 1 fully saturated rings. The van der Waals surface area contributed by atoms with Gasteiger partial charge >= 0.3 is 5.97 Å². The number of ether oxygens (including phenoxy) is 2. The van der Waals surface area contributed by atoms with Crippen molar-refractivity contribution in [2.45, 2.75) is 6.04 Å². The zero-order valence-electron chi connectivity index (χ0n) is 10.8. The van der Waals surface area contributed by atoms with E-state index in [1.54, 1.807) is 25.3 Å². The third-order valence-corrected chi connectivity index (χ3v) is 3.97. The minimum absolute atomic E-state index is 0.0216. The zero-order chi connectivity index (χ0) is 14.7. The maximum Gasteiger partial charge on any atom is 0.328 e. The summed E-state index contributed by atoms with van der Waals surface area (Å²) >= 11 is 2.04. The topological polar surface area (TPSA) is 76.1 Å². The summed E-state index contributed by atoms with van der Waals surface area (Å²) in [4.78, 5) is 25.0. The normalized spacial score (nSPS) is 18.7. The molecule has 1 aliphatic heterocycles. The quantitative estimate of drug-likeness (QED) is 0.785. The van der Waals surface area contributed by atoms with E-state index in [-0.39, 0.29) is 19.1 Å². The third kappa shape index (κ3) is 3.04. The molecule has 0 bridgehead atoms. The van der Waals surface area contributed by atoms with Gasteiger partial charge in [0.25, 0.3) is 5.91 Å². The second-order valence-electron chi connectivity index (χ2n) is 4.27. The van der Waals surface area contributed by atoms with Crippen molar-refractivity contribution in [2.75, 3.05) is 26.9 Å². The Morgan fingerprint density at radius 1 is 1.50 bits per heavy atom. The summed E-state index contributed by atoms with van der Waals surface area (Å²) in [6.07, 6.45) is 0. The molecule has 0 saturated carbocycles. The van der Waals surface area contributed by atoms with Gasteiger partial charge in [0.05, 0.1) is 25.9 Å². The van der Waals surface area contributed by atoms with E-state index in [4.69, 9.17) is 14.6 Å². The van der Waals surface area contributed by atoms with Crippen LogP contribution < -0.4 is 4.74 Å². The molecule has 2 rings (SSSR count). The number of hydrogen-bond donors (Lipinski definition) is 1. The van der Waals surface area contributed by atoms with Gasteiger partial charge in [0.15, 0.2) is 6.04 Å². The van der Waals surface area contributed by atoms with Crippen LogP contribution in [-0.4, -0.2) is 54.8 Å². The van der Waals surface area contributed by atoms with Gasteiger partial charge in [-0.1, -0.05) is 0 Å². The lowest BCUT2D eigenvalue weighted by Crippen LogP contribution is -2.52. The van der Waals surface area contributed by atoms with E-state index in [1.165, 1.54) is 4.90 Å². The molecule has 1 aromatic carbocycles. The molecule has 0 spiro atoms. The van der Waals surface area contributed by atoms with E-state index in [1.807, 2.05) is 22.6 Å². The maximum atomic E-state index is 12.5. The van der Waals surface area contributed by atoms with Crippen LogP contribution in [0.3, 0.4) is 0 Å². The van der Waals surface area contributed by atoms with Crippen LogP contribution in [0.25, 0.3) is 0 Å². The van der Waals surface area contributed by atoms with Crippen LogP contribution in [0.5, 0.6) is 5.75 Å². The highest BCUT2D eigenvalue weighted by molar-refractivity contribution is 14.1. The molecule has 0 aliphatic carbocycles. The van der Waals surface area contributed by atoms with Crippen LogP contribution in [-0.2, 0) is 9.53 Å². The number of rotatable bonds is 3. The number of carboxylic acids is 1. The summed E-state index contributed by atoms with van der Waals surface area (Å²) < 4.78 is 10.9. The highest BCUT2D eigenvalue weighted by Gasteiger charge is 2.33. The molecule has 7 heteroatoms. The minimum Gasteiger partial charge on any atom is -0.497 e. The van der Waals surface area contributed by atoms with Crippen molar-refractivity contribution in [3.63, 3.8) is 0 Å². The molecule has 108 valence electrons. The Bertz CT molecular complexity index is 533. The predicted octanol–water partition coefficient (Wildman–Crippen LogP) is 1.23. The van der Waals surface area contributed by atoms with Crippen LogP contribution in [0.1, 0.15) is 10.4 Å². The number of hydrogen-bond acceptors (Lipinski definition) is 4. The average molecular weight is 391 g/mol. The molecule has 1 saturated heterocycles. The zero-order valence-corrected chi connectivity index (χ0v) is 13.0. The highest BCUT2D eigenvalue weighted by atomic mass is 127. The smallest absolute Gasteiger partial charge is 0.328 e. The molecule has 1 aliphatic rings. The first-order valence-electron chi connectivity index (χ1n) is 5.99. The molecular weight excluding hydrogens is 377 g/mol. The fourth-order valence-electron chi connectivity index (χ4n) is 2.00. The van der Waals surface area contributed by atoms with E-state index in [0.29, 0.717) is 17.9 Å². The minimum atomic E-state index is -1.05. The van der Waals surface area contributed by atoms with E-state index in [2.05, 4.69) is 0 Å². The molecule has 6 nitrogen and oxygen atoms in total. The van der Waals surface area contributed by atoms with Crippen LogP contribution in [0.15, 0.2) is 18.2 Å². The first kappa shape index (κ1) is 15.0. The summed E-state index contributed by atoms with van der Waals surface area (Å²) in [6, 6.07) is 4.14. The van der Waals surface area contributed by atoms with Gasteiger partial charge in [0.2, 0.25) is 0 Å². The number of aliphatic carboxylic acids is 1. The van der Waals surface area contributed by atoms with Crippen molar-refractivity contribution in [3.8, 4) is 5.75 Å². The largest absolute Gasteiger partial charge is 0.497 e. The molecule has 1 unspecified atom stereocenters. The van der Waals surface area contributed by atoms with Gasteiger partial charge in [-0.3, -0.25) is 4.79 Å². The average Bonchev–Trinajstić information content (AvgIpc) is 2.46. The Labute approximate surface area is 129 Å². The number of methoxy groups -OCH3 is 1. The van der Waals surface area contributed by atoms with Gasteiger partial charge in [-0.15, -0.1) is 0 Å². The van der Waals surface area contributed by atoms with Crippen molar-refractivity contribution in [3.05, 3.63) is 27.3 Å². The van der Waals surface area contributed by atoms with E-state index >= 15 is 0 Å². The Balaban J connectivity index is 2.27. The molecular formula is C13H14INO5. The van der Waals surface area contributed by atoms with Gasteiger partial charge < -0.3 is 19.5 Å². The first-order valence-corrected chi connectivity index (χ1v) is 7.07. The molecule has 20 heavy (non-hydrogen) atoms. The lowest BCUT2D eigenvalue weighted by molar-refractivity contribution is -0.147. The van der Waals surface area contributed by atoms with Crippen LogP contribution >= 0.6 is 22.6 Å². The third-order valence-electron chi connectivity index (χ3n) is 3.08. The molecule has 1 atom stereocenters. The Kier molecular flexibility index (Phi) is 4.81. The predicted molar refractivity (Wildman–Crippen MR) is 79.0 cm³/mol. The number of carboxylic acid groups (broad SMARTS) is 1. The number of halogens is 1. The lowest BCUT2D eigenvalue weighted by atomic mass is 10.1. The van der Waals surface area contributed by atoms with Gasteiger partial charge in [0.1, 0.15) is 5.75 Å². The summed E-state index contributed by atoms with van der Waals surface area (Å²) in [5.41, 5.74) is 0.472. The van der Waals surface area contributed by atoms with E-state index < -0.39 is 12.0 Å². The second-order valence-corrected chi connectivity index (χ2v) is 5.44. The highest BCUT2D eigenvalue weighted by Crippen LogP contribution is 2.22. The summed E-state index contributed by atoms with van der Waals surface area (Å²) in [5, 5.41) is 9.16. The van der Waals surface area contributed by atoms with Crippen LogP contribution in [0.4, 0.5) is 0 Å². The molecule has 1 aromatic rings. The van der Waals surface area contributed by atoms with Crippen molar-refractivity contribution in [2.24, 2.45) is 0 Å². The SMILES string of the molecule is COc1ccc(C(=O)N2CCOCC2C(=O)O)c(I)c1. The molecule has 1 heterocycles. The Hall–Kier alpha value is -1.35. The second kappa shape index (κ2) is 6.40. The number of benzene rings is 1. The van der Waals surface area contributed by atoms with Crippen molar-refractivity contribution in [1.29, 1.82) is 0 Å². The van der Waals surface area contributed by atoms with E-state index in [0.717, 1.165) is 3.57 Å². The maximum absolute atomic E-state index is 12.5. The van der Waals surface area contributed by atoms with Gasteiger partial charge in [-0.2, -0.15) is 0 Å². The van der Waals surface area contributed by atoms with Crippen molar-refractivity contribution < 1.29 is 24.2 Å². The fourth-order valence-corrected chi connectivity index (χ4v) is 2.72. The monoisotopic (exact) mass is 391 g/mol. The van der Waals surface area contributed by atoms with E-state index in [9.17, 15) is 9.59 Å². The summed E-state index contributed by atoms with van der Waals surface area (Å²) in [5.74, 6) is -0.697. The van der Waals surface area contributed by atoms with Crippen LogP contribution in [0.2, 0.25) is 0 Å². The van der Waals surface area contributed by atoms with Gasteiger partial charge in [-0.05, 0) is 40.8 Å². The Morgan fingerprint density at radius 2 is 2.25 bits per heavy atom. The van der Waals surface area contributed by atoms with Crippen molar-refractivity contribution in [1.82, 2.24) is 4.90 Å². The molecule has 0 aromatic heterocycles. The van der Waals surface area contributed by atoms with Gasteiger partial charge in [-0.25, -0.2) is 4.79 Å². The standard InChI is InChI=1S/C13H14INO5/c1-19-8-2-3-9(10(14)6-8)12(16)15-4-5-20-7-11(15)13(17)18/h2-3,6,11H,4-5,7H2,1H3,(H,17,18). The Morgan fingerprint density at radius 3 is 2.85 bits per heavy atom. The first-order chi connectivity index (χ1) is 9.54. The molecule has 1 N–H and O–H groups in total. The van der Waals surface area contributed by atoms with Crippen LogP contribution in [0, 0.1) is 3.57 Å².